The minimum Gasteiger partial charge on any atom is -0.462 e. The number of rotatable bonds is 8. The van der Waals surface area contributed by atoms with Gasteiger partial charge in [-0.1, -0.05) is 37.1 Å². The van der Waals surface area contributed by atoms with Gasteiger partial charge in [0.15, 0.2) is 0 Å². The van der Waals surface area contributed by atoms with Gasteiger partial charge in [-0.2, -0.15) is 5.10 Å². The Morgan fingerprint density at radius 1 is 1.25 bits per heavy atom. The lowest BCUT2D eigenvalue weighted by atomic mass is 10.1. The van der Waals surface area contributed by atoms with Crippen molar-refractivity contribution in [1.29, 1.82) is 0 Å². The first-order chi connectivity index (χ1) is 15.6. The predicted octanol–water partition coefficient (Wildman–Crippen LogP) is 5.05. The second-order valence-corrected chi connectivity index (χ2v) is 8.04. The molecule has 0 unspecified atom stereocenters. The van der Waals surface area contributed by atoms with Crippen molar-refractivity contribution in [3.8, 4) is 11.3 Å². The van der Waals surface area contributed by atoms with Gasteiger partial charge in [0.25, 0.3) is 0 Å². The molecule has 4 rings (SSSR count). The molecule has 8 nitrogen and oxygen atoms in total. The van der Waals surface area contributed by atoms with E-state index in [0.29, 0.717) is 34.9 Å². The van der Waals surface area contributed by atoms with E-state index in [1.807, 2.05) is 10.9 Å². The molecular weight excluding hydrogens is 430 g/mol. The maximum atomic E-state index is 12.1. The third kappa shape index (κ3) is 5.44. The first-order valence-corrected chi connectivity index (χ1v) is 11.2. The van der Waals surface area contributed by atoms with Crippen molar-refractivity contribution < 1.29 is 14.3 Å². The quantitative estimate of drug-likeness (QED) is 0.375. The molecule has 3 aromatic rings. The number of aromatic nitrogens is 4. The monoisotopic (exact) mass is 455 g/mol. The van der Waals surface area contributed by atoms with Crippen LogP contribution in [0.5, 0.6) is 0 Å². The number of nitrogens with one attached hydrogen (secondary N) is 1. The number of ether oxygens (including phenoxy) is 2. The summed E-state index contributed by atoms with van der Waals surface area (Å²) in [6, 6.07) is 7.38. The van der Waals surface area contributed by atoms with Crippen molar-refractivity contribution in [1.82, 2.24) is 19.7 Å². The summed E-state index contributed by atoms with van der Waals surface area (Å²) in [5.74, 6) is 0.0849. The van der Waals surface area contributed by atoms with Crippen LogP contribution in [0, 0.1) is 0 Å². The molecule has 2 aromatic heterocycles. The number of anilines is 2. The van der Waals surface area contributed by atoms with Crippen LogP contribution < -0.4 is 5.32 Å². The van der Waals surface area contributed by atoms with E-state index in [1.165, 1.54) is 0 Å². The summed E-state index contributed by atoms with van der Waals surface area (Å²) in [6.07, 6.45) is 8.99. The third-order valence-corrected chi connectivity index (χ3v) is 5.57. The van der Waals surface area contributed by atoms with Crippen molar-refractivity contribution in [2.24, 2.45) is 0 Å². The second-order valence-electron chi connectivity index (χ2n) is 7.63. The lowest BCUT2D eigenvalue weighted by Gasteiger charge is -2.22. The number of carbonyl (C=O) groups is 1. The van der Waals surface area contributed by atoms with Crippen LogP contribution in [0.3, 0.4) is 0 Å². The van der Waals surface area contributed by atoms with E-state index in [9.17, 15) is 4.79 Å². The van der Waals surface area contributed by atoms with E-state index >= 15 is 0 Å². The number of hydrogen-bond acceptors (Lipinski definition) is 7. The average molecular weight is 456 g/mol. The van der Waals surface area contributed by atoms with Crippen LogP contribution in [-0.2, 0) is 9.47 Å². The summed E-state index contributed by atoms with van der Waals surface area (Å²) >= 11 is 6.35. The normalized spacial score (nSPS) is 14.3. The van der Waals surface area contributed by atoms with Gasteiger partial charge in [0.05, 0.1) is 47.0 Å². The summed E-state index contributed by atoms with van der Waals surface area (Å²) < 4.78 is 12.6. The Morgan fingerprint density at radius 3 is 2.78 bits per heavy atom. The Morgan fingerprint density at radius 2 is 2.03 bits per heavy atom. The van der Waals surface area contributed by atoms with Crippen LogP contribution in [0.1, 0.15) is 49.0 Å². The molecule has 1 aliphatic rings. The minimum absolute atomic E-state index is 0.331. The van der Waals surface area contributed by atoms with Gasteiger partial charge < -0.3 is 14.8 Å². The molecule has 168 valence electrons. The highest BCUT2D eigenvalue weighted by Gasteiger charge is 2.17. The van der Waals surface area contributed by atoms with Crippen LogP contribution in [0.25, 0.3) is 11.3 Å². The molecule has 0 aliphatic carbocycles. The molecule has 0 spiro atoms. The number of unbranched alkanes of at least 4 members (excludes halogenated alkanes) is 1. The van der Waals surface area contributed by atoms with Gasteiger partial charge in [-0.05, 0) is 31.4 Å². The second kappa shape index (κ2) is 10.6. The number of carbonyl (C=O) groups excluding carboxylic acids is 1. The zero-order valence-corrected chi connectivity index (χ0v) is 18.7. The topological polar surface area (TPSA) is 91.2 Å². The number of halogens is 1. The molecule has 1 saturated heterocycles. The lowest BCUT2D eigenvalue weighted by Crippen LogP contribution is -2.19. The van der Waals surface area contributed by atoms with Crippen LogP contribution >= 0.6 is 11.6 Å². The zero-order chi connectivity index (χ0) is 22.3. The molecule has 0 atom stereocenters. The zero-order valence-electron chi connectivity index (χ0n) is 18.0. The number of benzene rings is 1. The smallest absolute Gasteiger partial charge is 0.338 e. The largest absolute Gasteiger partial charge is 0.462 e. The molecule has 0 saturated carbocycles. The molecule has 1 fully saturated rings. The van der Waals surface area contributed by atoms with E-state index in [2.05, 4.69) is 27.3 Å². The average Bonchev–Trinajstić information content (AvgIpc) is 3.30. The molecule has 1 N–H and O–H groups in total. The SMILES string of the molecule is CCCCOC(=O)c1ccc(-c2nc(Nc3cnn(C4CCOCC4)c3)ncc2Cl)cc1. The van der Waals surface area contributed by atoms with Crippen molar-refractivity contribution >= 4 is 29.2 Å². The van der Waals surface area contributed by atoms with E-state index < -0.39 is 0 Å². The van der Waals surface area contributed by atoms with Crippen LogP contribution in [0.2, 0.25) is 5.02 Å². The summed E-state index contributed by atoms with van der Waals surface area (Å²) in [7, 11) is 0. The highest BCUT2D eigenvalue weighted by Crippen LogP contribution is 2.28. The van der Waals surface area contributed by atoms with Gasteiger partial charge in [0.2, 0.25) is 5.95 Å². The standard InChI is InChI=1S/C23H26ClN5O3/c1-2-3-10-32-22(30)17-6-4-16(5-7-17)21-20(24)14-25-23(28-21)27-18-13-26-29(15-18)19-8-11-31-12-9-19/h4-7,13-15,19H,2-3,8-12H2,1H3,(H,25,27,28). The Balaban J connectivity index is 1.46. The van der Waals surface area contributed by atoms with Crippen molar-refractivity contribution in [2.75, 3.05) is 25.1 Å². The third-order valence-electron chi connectivity index (χ3n) is 5.29. The molecular formula is C23H26ClN5O3. The number of esters is 1. The summed E-state index contributed by atoms with van der Waals surface area (Å²) in [5.41, 5.74) is 2.65. The fourth-order valence-electron chi connectivity index (χ4n) is 3.47. The van der Waals surface area contributed by atoms with Gasteiger partial charge in [-0.25, -0.2) is 14.8 Å². The molecule has 1 aromatic carbocycles. The fourth-order valence-corrected chi connectivity index (χ4v) is 3.67. The molecule has 1 aliphatic heterocycles. The maximum Gasteiger partial charge on any atom is 0.338 e. The van der Waals surface area contributed by atoms with E-state index in [4.69, 9.17) is 21.1 Å². The van der Waals surface area contributed by atoms with E-state index in [-0.39, 0.29) is 5.97 Å². The molecule has 3 heterocycles. The van der Waals surface area contributed by atoms with Crippen molar-refractivity contribution in [3.05, 3.63) is 53.4 Å². The lowest BCUT2D eigenvalue weighted by molar-refractivity contribution is 0.0499. The van der Waals surface area contributed by atoms with Crippen LogP contribution in [0.15, 0.2) is 42.9 Å². The summed E-state index contributed by atoms with van der Waals surface area (Å²) in [5, 5.41) is 8.07. The molecule has 0 amide bonds. The van der Waals surface area contributed by atoms with Crippen LogP contribution in [-0.4, -0.2) is 45.5 Å². The van der Waals surface area contributed by atoms with Gasteiger partial charge in [-0.3, -0.25) is 4.68 Å². The molecule has 32 heavy (non-hydrogen) atoms. The summed E-state index contributed by atoms with van der Waals surface area (Å²) in [6.45, 7) is 3.99. The first kappa shape index (κ1) is 22.2. The van der Waals surface area contributed by atoms with Gasteiger partial charge in [-0.15, -0.1) is 0 Å². The maximum absolute atomic E-state index is 12.1. The highest BCUT2D eigenvalue weighted by molar-refractivity contribution is 6.32. The van der Waals surface area contributed by atoms with E-state index in [1.54, 1.807) is 36.7 Å². The Hall–Kier alpha value is -2.97. The molecule has 9 heteroatoms. The summed E-state index contributed by atoms with van der Waals surface area (Å²) in [4.78, 5) is 21.0. The number of nitrogens with zero attached hydrogens (tertiary/aromatic N) is 4. The molecule has 0 bridgehead atoms. The van der Waals surface area contributed by atoms with Gasteiger partial charge >= 0.3 is 5.97 Å². The Kier molecular flexibility index (Phi) is 7.34. The first-order valence-electron chi connectivity index (χ1n) is 10.8. The van der Waals surface area contributed by atoms with Gasteiger partial charge in [0, 0.05) is 25.0 Å². The Bertz CT molecular complexity index is 1050. The predicted molar refractivity (Wildman–Crippen MR) is 122 cm³/mol. The highest BCUT2D eigenvalue weighted by atomic mass is 35.5. The number of hydrogen-bond donors (Lipinski definition) is 1. The van der Waals surface area contributed by atoms with Crippen molar-refractivity contribution in [3.63, 3.8) is 0 Å². The molecule has 0 radical (unpaired) electrons. The fraction of sp³-hybridized carbons (Fsp3) is 0.391. The minimum atomic E-state index is -0.331. The van der Waals surface area contributed by atoms with Crippen LogP contribution in [0.4, 0.5) is 11.6 Å². The van der Waals surface area contributed by atoms with Crippen molar-refractivity contribution in [2.45, 2.75) is 38.6 Å². The Labute approximate surface area is 191 Å². The van der Waals surface area contributed by atoms with E-state index in [0.717, 1.165) is 50.1 Å². The van der Waals surface area contributed by atoms with Gasteiger partial charge in [0.1, 0.15) is 0 Å².